The van der Waals surface area contributed by atoms with Crippen molar-refractivity contribution in [1.29, 1.82) is 0 Å². The van der Waals surface area contributed by atoms with Crippen molar-refractivity contribution < 1.29 is 24.2 Å². The standard InChI is InChI=1S/C19H27N3O7/c1-3-5-6-7-8-9-10-17(19(24)29-4-2)20-18(23)14-11-15(21(25)26)13-16(12-14)22(27)28/h11-13,17H,3-10H2,1-2H3,(H,20,23). The molecule has 0 bridgehead atoms. The van der Waals surface area contributed by atoms with E-state index in [4.69, 9.17) is 4.74 Å². The zero-order chi connectivity index (χ0) is 21.8. The fraction of sp³-hybridized carbons (Fsp3) is 0.579. The lowest BCUT2D eigenvalue weighted by Gasteiger charge is -2.17. The lowest BCUT2D eigenvalue weighted by molar-refractivity contribution is -0.394. The third-order valence-electron chi connectivity index (χ3n) is 4.31. The predicted molar refractivity (Wildman–Crippen MR) is 106 cm³/mol. The number of hydrogen-bond donors (Lipinski definition) is 1. The van der Waals surface area contributed by atoms with Crippen LogP contribution in [-0.4, -0.2) is 34.4 Å². The van der Waals surface area contributed by atoms with Crippen molar-refractivity contribution in [2.24, 2.45) is 0 Å². The molecule has 0 spiro atoms. The molecule has 0 radical (unpaired) electrons. The molecule has 1 amide bonds. The molecule has 0 aliphatic heterocycles. The van der Waals surface area contributed by atoms with Crippen LogP contribution < -0.4 is 5.32 Å². The molecule has 29 heavy (non-hydrogen) atoms. The topological polar surface area (TPSA) is 142 Å². The number of carbonyl (C=O) groups is 2. The van der Waals surface area contributed by atoms with E-state index in [9.17, 15) is 29.8 Å². The summed E-state index contributed by atoms with van der Waals surface area (Å²) in [5, 5.41) is 24.5. The molecule has 0 heterocycles. The maximum absolute atomic E-state index is 12.5. The molecule has 1 unspecified atom stereocenters. The Bertz CT molecular complexity index is 704. The number of non-ortho nitro benzene ring substituents is 2. The lowest BCUT2D eigenvalue weighted by atomic mass is 10.0. The van der Waals surface area contributed by atoms with Crippen molar-refractivity contribution in [3.05, 3.63) is 44.0 Å². The minimum Gasteiger partial charge on any atom is -0.464 e. The van der Waals surface area contributed by atoms with Gasteiger partial charge in [0.1, 0.15) is 6.04 Å². The maximum atomic E-state index is 12.5. The van der Waals surface area contributed by atoms with E-state index in [-0.39, 0.29) is 12.2 Å². The Morgan fingerprint density at radius 2 is 1.52 bits per heavy atom. The van der Waals surface area contributed by atoms with E-state index in [2.05, 4.69) is 12.2 Å². The van der Waals surface area contributed by atoms with E-state index < -0.39 is 39.1 Å². The SMILES string of the molecule is CCCCCCCCC(NC(=O)c1cc([N+](=O)[O-])cc([N+](=O)[O-])c1)C(=O)OCC. The van der Waals surface area contributed by atoms with Crippen LogP contribution >= 0.6 is 0 Å². The van der Waals surface area contributed by atoms with E-state index in [0.29, 0.717) is 12.8 Å². The number of unbranched alkanes of at least 4 members (excludes halogenated alkanes) is 5. The highest BCUT2D eigenvalue weighted by Gasteiger charge is 2.25. The second-order valence-electron chi connectivity index (χ2n) is 6.59. The molecule has 160 valence electrons. The van der Waals surface area contributed by atoms with Gasteiger partial charge in [0.05, 0.1) is 28.1 Å². The third kappa shape index (κ3) is 8.24. The van der Waals surface area contributed by atoms with E-state index in [1.165, 1.54) is 0 Å². The van der Waals surface area contributed by atoms with Crippen molar-refractivity contribution in [3.63, 3.8) is 0 Å². The number of carbonyl (C=O) groups excluding carboxylic acids is 2. The normalized spacial score (nSPS) is 11.5. The zero-order valence-electron chi connectivity index (χ0n) is 16.7. The van der Waals surface area contributed by atoms with Gasteiger partial charge in [0.2, 0.25) is 0 Å². The molecule has 0 fully saturated rings. The Hall–Kier alpha value is -3.04. The zero-order valence-corrected chi connectivity index (χ0v) is 16.7. The van der Waals surface area contributed by atoms with Gasteiger partial charge in [-0.1, -0.05) is 45.4 Å². The number of benzene rings is 1. The molecule has 0 saturated carbocycles. The van der Waals surface area contributed by atoms with E-state index in [1.54, 1.807) is 6.92 Å². The summed E-state index contributed by atoms with van der Waals surface area (Å²) >= 11 is 0. The van der Waals surface area contributed by atoms with Crippen molar-refractivity contribution in [1.82, 2.24) is 5.32 Å². The van der Waals surface area contributed by atoms with E-state index in [1.807, 2.05) is 0 Å². The molecule has 10 nitrogen and oxygen atoms in total. The summed E-state index contributed by atoms with van der Waals surface area (Å²) in [7, 11) is 0. The smallest absolute Gasteiger partial charge is 0.328 e. The molecular weight excluding hydrogens is 382 g/mol. The van der Waals surface area contributed by atoms with Crippen molar-refractivity contribution >= 4 is 23.3 Å². The number of nitrogens with zero attached hydrogens (tertiary/aromatic N) is 2. The lowest BCUT2D eigenvalue weighted by Crippen LogP contribution is -2.41. The van der Waals surface area contributed by atoms with Crippen LogP contribution in [-0.2, 0) is 9.53 Å². The van der Waals surface area contributed by atoms with Crippen molar-refractivity contribution in [3.8, 4) is 0 Å². The molecule has 0 aliphatic rings. The summed E-state index contributed by atoms with van der Waals surface area (Å²) in [5.41, 5.74) is -1.41. The second-order valence-corrected chi connectivity index (χ2v) is 6.59. The average molecular weight is 409 g/mol. The first-order chi connectivity index (χ1) is 13.8. The summed E-state index contributed by atoms with van der Waals surface area (Å²) in [5.74, 6) is -1.41. The number of nitro benzene ring substituents is 2. The fourth-order valence-electron chi connectivity index (χ4n) is 2.80. The molecule has 0 aliphatic carbocycles. The highest BCUT2D eigenvalue weighted by molar-refractivity contribution is 5.97. The molecule has 1 N–H and O–H groups in total. The van der Waals surface area contributed by atoms with Crippen LogP contribution in [0.3, 0.4) is 0 Å². The summed E-state index contributed by atoms with van der Waals surface area (Å²) in [6, 6.07) is 1.73. The Morgan fingerprint density at radius 3 is 2.03 bits per heavy atom. The Balaban J connectivity index is 2.89. The van der Waals surface area contributed by atoms with Crippen molar-refractivity contribution in [2.75, 3.05) is 6.61 Å². The molecule has 1 aromatic carbocycles. The van der Waals surface area contributed by atoms with Gasteiger partial charge in [-0.3, -0.25) is 25.0 Å². The van der Waals surface area contributed by atoms with Gasteiger partial charge in [0.25, 0.3) is 17.3 Å². The highest BCUT2D eigenvalue weighted by atomic mass is 16.6. The number of nitrogens with one attached hydrogen (secondary N) is 1. The quantitative estimate of drug-likeness (QED) is 0.225. The van der Waals surface area contributed by atoms with Gasteiger partial charge in [-0.05, 0) is 13.3 Å². The van der Waals surface area contributed by atoms with E-state index >= 15 is 0 Å². The van der Waals surface area contributed by atoms with Crippen LogP contribution in [0.2, 0.25) is 0 Å². The summed E-state index contributed by atoms with van der Waals surface area (Å²) in [6.45, 7) is 3.90. The predicted octanol–water partition coefficient (Wildman–Crippen LogP) is 3.92. The molecule has 1 atom stereocenters. The molecule has 0 saturated heterocycles. The number of amides is 1. The molecular formula is C19H27N3O7. The Morgan fingerprint density at radius 1 is 0.966 bits per heavy atom. The van der Waals surface area contributed by atoms with Crippen LogP contribution in [0.25, 0.3) is 0 Å². The first kappa shape index (κ1) is 24.0. The van der Waals surface area contributed by atoms with Gasteiger partial charge < -0.3 is 10.1 Å². The largest absolute Gasteiger partial charge is 0.464 e. The first-order valence-electron chi connectivity index (χ1n) is 9.71. The van der Waals surface area contributed by atoms with Crippen LogP contribution in [0.15, 0.2) is 18.2 Å². The minimum absolute atomic E-state index is 0.143. The third-order valence-corrected chi connectivity index (χ3v) is 4.31. The van der Waals surface area contributed by atoms with Crippen LogP contribution in [0.1, 0.15) is 69.2 Å². The monoisotopic (exact) mass is 409 g/mol. The van der Waals surface area contributed by atoms with Gasteiger partial charge in [0, 0.05) is 12.1 Å². The van der Waals surface area contributed by atoms with Crippen LogP contribution in [0, 0.1) is 20.2 Å². The number of ether oxygens (including phenoxy) is 1. The number of rotatable bonds is 13. The maximum Gasteiger partial charge on any atom is 0.328 e. The van der Waals surface area contributed by atoms with Gasteiger partial charge in [-0.15, -0.1) is 0 Å². The van der Waals surface area contributed by atoms with Gasteiger partial charge in [-0.2, -0.15) is 0 Å². The number of hydrogen-bond acceptors (Lipinski definition) is 7. The summed E-state index contributed by atoms with van der Waals surface area (Å²) < 4.78 is 4.99. The minimum atomic E-state index is -0.924. The summed E-state index contributed by atoms with van der Waals surface area (Å²) in [4.78, 5) is 45.0. The Labute approximate surface area is 168 Å². The first-order valence-corrected chi connectivity index (χ1v) is 9.71. The van der Waals surface area contributed by atoms with Crippen LogP contribution in [0.4, 0.5) is 11.4 Å². The average Bonchev–Trinajstić information content (AvgIpc) is 2.69. The fourth-order valence-corrected chi connectivity index (χ4v) is 2.80. The number of esters is 1. The van der Waals surface area contributed by atoms with Gasteiger partial charge in [0.15, 0.2) is 0 Å². The van der Waals surface area contributed by atoms with Gasteiger partial charge >= 0.3 is 5.97 Å². The molecule has 0 aromatic heterocycles. The molecule has 10 heteroatoms. The summed E-state index contributed by atoms with van der Waals surface area (Å²) in [6.07, 6.45) is 6.34. The number of nitro groups is 2. The highest BCUT2D eigenvalue weighted by Crippen LogP contribution is 2.23. The second kappa shape index (κ2) is 12.4. The Kier molecular flexibility index (Phi) is 10.3. The van der Waals surface area contributed by atoms with Crippen molar-refractivity contribution in [2.45, 2.75) is 64.8 Å². The van der Waals surface area contributed by atoms with Gasteiger partial charge in [-0.25, -0.2) is 4.79 Å². The molecule has 1 aromatic rings. The van der Waals surface area contributed by atoms with Crippen LogP contribution in [0.5, 0.6) is 0 Å². The van der Waals surface area contributed by atoms with E-state index in [0.717, 1.165) is 50.3 Å². The molecule has 1 rings (SSSR count).